The Kier molecular flexibility index (Phi) is 5.72. The molecular formula is C13H20ClNO3. The first kappa shape index (κ1) is 15.1. The quantitative estimate of drug-likeness (QED) is 0.887. The van der Waals surface area contributed by atoms with Gasteiger partial charge in [0.25, 0.3) is 0 Å². The number of nitrogens with two attached hydrogens (primary N) is 1. The largest absolute Gasteiger partial charge is 0.504 e. The molecule has 1 aromatic rings. The maximum Gasteiger partial charge on any atom is 0.162 e. The predicted octanol–water partition coefficient (Wildman–Crippen LogP) is 2.25. The Hall–Kier alpha value is -0.970. The minimum atomic E-state index is -0.158. The van der Waals surface area contributed by atoms with Gasteiger partial charge in [0.15, 0.2) is 11.5 Å². The Morgan fingerprint density at radius 2 is 2.06 bits per heavy atom. The summed E-state index contributed by atoms with van der Waals surface area (Å²) in [6.07, 6.45) is 1.88. The Balaban J connectivity index is 0.00000162. The fourth-order valence-corrected chi connectivity index (χ4v) is 2.30. The molecule has 1 aliphatic heterocycles. The summed E-state index contributed by atoms with van der Waals surface area (Å²) >= 11 is 0. The Labute approximate surface area is 113 Å². The molecule has 0 aliphatic carbocycles. The van der Waals surface area contributed by atoms with E-state index in [0.29, 0.717) is 11.7 Å². The highest BCUT2D eigenvalue weighted by atomic mass is 35.5. The topological polar surface area (TPSA) is 64.7 Å². The van der Waals surface area contributed by atoms with E-state index in [4.69, 9.17) is 15.2 Å². The highest BCUT2D eigenvalue weighted by Gasteiger charge is 2.25. The number of phenols is 1. The summed E-state index contributed by atoms with van der Waals surface area (Å²) in [5.41, 5.74) is 6.98. The molecule has 0 saturated carbocycles. The van der Waals surface area contributed by atoms with Gasteiger partial charge in [-0.1, -0.05) is 12.1 Å². The van der Waals surface area contributed by atoms with Crippen LogP contribution in [0.1, 0.15) is 24.4 Å². The number of methoxy groups -OCH3 is 1. The summed E-state index contributed by atoms with van der Waals surface area (Å²) in [6, 6.07) is 5.29. The molecule has 0 spiro atoms. The van der Waals surface area contributed by atoms with Gasteiger partial charge in [-0.05, 0) is 24.8 Å². The van der Waals surface area contributed by atoms with Crippen molar-refractivity contribution in [2.45, 2.75) is 18.9 Å². The number of phenolic OH excluding ortho intramolecular Hbond substituents is 1. The first-order valence-corrected chi connectivity index (χ1v) is 5.93. The molecule has 102 valence electrons. The van der Waals surface area contributed by atoms with E-state index in [0.717, 1.165) is 31.6 Å². The third-order valence-electron chi connectivity index (χ3n) is 3.38. The van der Waals surface area contributed by atoms with Crippen molar-refractivity contribution in [1.29, 1.82) is 0 Å². The van der Waals surface area contributed by atoms with E-state index in [9.17, 15) is 5.11 Å². The van der Waals surface area contributed by atoms with Crippen molar-refractivity contribution in [3.63, 3.8) is 0 Å². The van der Waals surface area contributed by atoms with Crippen LogP contribution < -0.4 is 10.5 Å². The lowest BCUT2D eigenvalue weighted by Crippen LogP contribution is -2.27. The van der Waals surface area contributed by atoms with Gasteiger partial charge in [-0.25, -0.2) is 0 Å². The number of hydrogen-bond donors (Lipinski definition) is 2. The van der Waals surface area contributed by atoms with Crippen LogP contribution in [0.5, 0.6) is 11.5 Å². The number of halogens is 1. The maximum atomic E-state index is 10.1. The van der Waals surface area contributed by atoms with Crippen molar-refractivity contribution >= 4 is 12.4 Å². The normalized spacial score (nSPS) is 17.9. The fraction of sp³-hybridized carbons (Fsp3) is 0.538. The number of ether oxygens (including phenoxy) is 2. The third kappa shape index (κ3) is 3.07. The molecule has 0 bridgehead atoms. The molecule has 1 fully saturated rings. The molecule has 4 nitrogen and oxygen atoms in total. The van der Waals surface area contributed by atoms with E-state index in [1.165, 1.54) is 0 Å². The molecule has 0 amide bonds. The molecule has 1 heterocycles. The van der Waals surface area contributed by atoms with Crippen LogP contribution in [0.25, 0.3) is 0 Å². The zero-order valence-corrected chi connectivity index (χ0v) is 11.3. The Morgan fingerprint density at radius 3 is 2.67 bits per heavy atom. The van der Waals surface area contributed by atoms with Crippen LogP contribution in [0.2, 0.25) is 0 Å². The third-order valence-corrected chi connectivity index (χ3v) is 3.38. The van der Waals surface area contributed by atoms with E-state index < -0.39 is 0 Å². The van der Waals surface area contributed by atoms with Crippen molar-refractivity contribution < 1.29 is 14.6 Å². The van der Waals surface area contributed by atoms with E-state index in [1.807, 2.05) is 12.1 Å². The van der Waals surface area contributed by atoms with Crippen molar-refractivity contribution in [3.8, 4) is 11.5 Å². The van der Waals surface area contributed by atoms with Gasteiger partial charge < -0.3 is 20.3 Å². The summed E-state index contributed by atoms with van der Waals surface area (Å²) in [7, 11) is 1.54. The summed E-state index contributed by atoms with van der Waals surface area (Å²) in [6.45, 7) is 1.51. The van der Waals surface area contributed by atoms with Gasteiger partial charge in [0.05, 0.1) is 7.11 Å². The van der Waals surface area contributed by atoms with Crippen LogP contribution in [0, 0.1) is 5.92 Å². The minimum absolute atomic E-state index is 0. The van der Waals surface area contributed by atoms with Crippen LogP contribution >= 0.6 is 12.4 Å². The van der Waals surface area contributed by atoms with Crippen LogP contribution in [-0.4, -0.2) is 25.4 Å². The van der Waals surface area contributed by atoms with Gasteiger partial charge in [-0.15, -0.1) is 12.4 Å². The molecule has 0 aromatic heterocycles. The van der Waals surface area contributed by atoms with Crippen molar-refractivity contribution in [2.75, 3.05) is 20.3 Å². The molecule has 1 aromatic carbocycles. The lowest BCUT2D eigenvalue weighted by atomic mass is 9.87. The SMILES string of the molecule is COc1cccc([C@H](N)C2CCOCC2)c1O.Cl. The predicted molar refractivity (Wildman–Crippen MR) is 72.4 cm³/mol. The molecule has 5 heteroatoms. The first-order valence-electron chi connectivity index (χ1n) is 5.93. The molecule has 1 atom stereocenters. The van der Waals surface area contributed by atoms with Crippen LogP contribution in [0.3, 0.4) is 0 Å². The monoisotopic (exact) mass is 273 g/mol. The van der Waals surface area contributed by atoms with Crippen molar-refractivity contribution in [2.24, 2.45) is 11.7 Å². The molecule has 0 unspecified atom stereocenters. The smallest absolute Gasteiger partial charge is 0.162 e. The second-order valence-corrected chi connectivity index (χ2v) is 4.37. The summed E-state index contributed by atoms with van der Waals surface area (Å²) in [4.78, 5) is 0. The molecular weight excluding hydrogens is 254 g/mol. The van der Waals surface area contributed by atoms with Crippen molar-refractivity contribution in [1.82, 2.24) is 0 Å². The molecule has 18 heavy (non-hydrogen) atoms. The molecule has 0 radical (unpaired) electrons. The van der Waals surface area contributed by atoms with Crippen molar-refractivity contribution in [3.05, 3.63) is 23.8 Å². The number of hydrogen-bond acceptors (Lipinski definition) is 4. The maximum absolute atomic E-state index is 10.1. The fourth-order valence-electron chi connectivity index (χ4n) is 2.30. The zero-order valence-electron chi connectivity index (χ0n) is 10.5. The lowest BCUT2D eigenvalue weighted by Gasteiger charge is -2.28. The average Bonchev–Trinajstić information content (AvgIpc) is 2.39. The molecule has 1 aliphatic rings. The van der Waals surface area contributed by atoms with Gasteiger partial charge in [-0.2, -0.15) is 0 Å². The summed E-state index contributed by atoms with van der Waals surface area (Å²) in [5, 5.41) is 10.1. The number of benzene rings is 1. The Morgan fingerprint density at radius 1 is 1.39 bits per heavy atom. The van der Waals surface area contributed by atoms with Crippen LogP contribution in [0.15, 0.2) is 18.2 Å². The minimum Gasteiger partial charge on any atom is -0.504 e. The molecule has 1 saturated heterocycles. The molecule has 3 N–H and O–H groups in total. The average molecular weight is 274 g/mol. The van der Waals surface area contributed by atoms with Gasteiger partial charge in [0.2, 0.25) is 0 Å². The standard InChI is InChI=1S/C13H19NO3.ClH/c1-16-11-4-2-3-10(13(11)15)12(14)9-5-7-17-8-6-9;/h2-4,9,12,15H,5-8,14H2,1H3;1H/t12-;/m1./s1. The van der Waals surface area contributed by atoms with Crippen LogP contribution in [0.4, 0.5) is 0 Å². The van der Waals surface area contributed by atoms with E-state index >= 15 is 0 Å². The molecule has 2 rings (SSSR count). The highest BCUT2D eigenvalue weighted by Crippen LogP contribution is 2.37. The van der Waals surface area contributed by atoms with E-state index in [-0.39, 0.29) is 24.2 Å². The number of para-hydroxylation sites is 1. The summed E-state index contributed by atoms with van der Waals surface area (Å²) < 4.78 is 10.4. The number of rotatable bonds is 3. The first-order chi connectivity index (χ1) is 8.24. The Bertz CT molecular complexity index is 380. The van der Waals surface area contributed by atoms with Gasteiger partial charge in [-0.3, -0.25) is 0 Å². The van der Waals surface area contributed by atoms with Crippen LogP contribution in [-0.2, 0) is 4.74 Å². The van der Waals surface area contributed by atoms with E-state index in [2.05, 4.69) is 0 Å². The zero-order chi connectivity index (χ0) is 12.3. The van der Waals surface area contributed by atoms with E-state index in [1.54, 1.807) is 13.2 Å². The summed E-state index contributed by atoms with van der Waals surface area (Å²) in [5.74, 6) is 1.00. The lowest BCUT2D eigenvalue weighted by molar-refractivity contribution is 0.0581. The number of aromatic hydroxyl groups is 1. The second-order valence-electron chi connectivity index (χ2n) is 4.37. The highest BCUT2D eigenvalue weighted by molar-refractivity contribution is 5.85. The van der Waals surface area contributed by atoms with Gasteiger partial charge in [0, 0.05) is 24.8 Å². The van der Waals surface area contributed by atoms with Gasteiger partial charge in [0.1, 0.15) is 0 Å². The van der Waals surface area contributed by atoms with Gasteiger partial charge >= 0.3 is 0 Å². The second kappa shape index (κ2) is 6.83.